The monoisotopic (exact) mass is 509 g/mol. The maximum atomic E-state index is 13.6. The number of hydrogen-bond acceptors (Lipinski definition) is 4. The highest BCUT2D eigenvalue weighted by Gasteiger charge is 2.42. The highest BCUT2D eigenvalue weighted by Crippen LogP contribution is 2.40. The van der Waals surface area contributed by atoms with E-state index in [1.165, 1.54) is 0 Å². The molecule has 1 atom stereocenters. The summed E-state index contributed by atoms with van der Waals surface area (Å²) in [6.07, 6.45) is 0. The standard InChI is InChI=1S/C25H17BrClNO4/c1-31-18-8-5-14(6-9-18)13-28-22(15-3-2-4-17(27)11-15)21-23(29)19-12-16(26)7-10-20(19)32-24(21)25(28)30/h2-12,22H,13H2,1H3. The van der Waals surface area contributed by atoms with Gasteiger partial charge in [0.2, 0.25) is 5.76 Å². The predicted octanol–water partition coefficient (Wildman–Crippen LogP) is 5.96. The van der Waals surface area contributed by atoms with Crippen LogP contribution in [-0.2, 0) is 6.54 Å². The molecule has 2 heterocycles. The molecule has 0 spiro atoms. The third kappa shape index (κ3) is 3.49. The van der Waals surface area contributed by atoms with Gasteiger partial charge in [-0.3, -0.25) is 9.59 Å². The van der Waals surface area contributed by atoms with Crippen molar-refractivity contribution in [3.05, 3.63) is 109 Å². The van der Waals surface area contributed by atoms with E-state index in [0.29, 0.717) is 28.1 Å². The van der Waals surface area contributed by atoms with Crippen LogP contribution in [0.2, 0.25) is 5.02 Å². The lowest BCUT2D eigenvalue weighted by atomic mass is 9.98. The van der Waals surface area contributed by atoms with Crippen LogP contribution in [0.3, 0.4) is 0 Å². The molecule has 0 saturated heterocycles. The molecule has 32 heavy (non-hydrogen) atoms. The summed E-state index contributed by atoms with van der Waals surface area (Å²) >= 11 is 9.67. The maximum absolute atomic E-state index is 13.6. The van der Waals surface area contributed by atoms with Gasteiger partial charge in [-0.2, -0.15) is 0 Å². The summed E-state index contributed by atoms with van der Waals surface area (Å²) in [6.45, 7) is 0.295. The van der Waals surface area contributed by atoms with Crippen LogP contribution in [0, 0.1) is 0 Å². The van der Waals surface area contributed by atoms with Crippen molar-refractivity contribution in [1.29, 1.82) is 0 Å². The van der Waals surface area contributed by atoms with Gasteiger partial charge in [-0.25, -0.2) is 0 Å². The number of amides is 1. The summed E-state index contributed by atoms with van der Waals surface area (Å²) in [5.74, 6) is 0.468. The summed E-state index contributed by atoms with van der Waals surface area (Å²) in [7, 11) is 1.60. The van der Waals surface area contributed by atoms with Crippen LogP contribution in [0.25, 0.3) is 11.0 Å². The number of benzene rings is 3. The molecule has 1 amide bonds. The fraction of sp³-hybridized carbons (Fsp3) is 0.120. The Hall–Kier alpha value is -3.09. The molecule has 0 N–H and O–H groups in total. The Bertz CT molecular complexity index is 1410. The van der Waals surface area contributed by atoms with Crippen molar-refractivity contribution in [2.45, 2.75) is 12.6 Å². The molecule has 0 saturated carbocycles. The first-order valence-electron chi connectivity index (χ1n) is 9.92. The minimum absolute atomic E-state index is 0.0725. The van der Waals surface area contributed by atoms with Gasteiger partial charge >= 0.3 is 0 Å². The first kappa shape index (κ1) is 20.8. The van der Waals surface area contributed by atoms with Crippen LogP contribution in [0.5, 0.6) is 5.75 Å². The summed E-state index contributed by atoms with van der Waals surface area (Å²) in [5.41, 5.74) is 2.13. The summed E-state index contributed by atoms with van der Waals surface area (Å²) in [5, 5.41) is 0.949. The van der Waals surface area contributed by atoms with Gasteiger partial charge in [-0.15, -0.1) is 0 Å². The van der Waals surface area contributed by atoms with Gasteiger partial charge in [0, 0.05) is 16.0 Å². The van der Waals surface area contributed by atoms with E-state index in [-0.39, 0.29) is 17.1 Å². The van der Waals surface area contributed by atoms with Gasteiger partial charge in [0.1, 0.15) is 11.3 Å². The Balaban J connectivity index is 1.70. The van der Waals surface area contributed by atoms with E-state index in [4.69, 9.17) is 20.8 Å². The molecule has 1 unspecified atom stereocenters. The lowest BCUT2D eigenvalue weighted by molar-refractivity contribution is 0.0714. The van der Waals surface area contributed by atoms with E-state index >= 15 is 0 Å². The van der Waals surface area contributed by atoms with Crippen molar-refractivity contribution in [1.82, 2.24) is 4.90 Å². The zero-order valence-electron chi connectivity index (χ0n) is 17.0. The van der Waals surface area contributed by atoms with Crippen LogP contribution in [0.1, 0.15) is 33.3 Å². The molecule has 4 aromatic rings. The van der Waals surface area contributed by atoms with E-state index < -0.39 is 6.04 Å². The molecule has 5 rings (SSSR count). The number of rotatable bonds is 4. The smallest absolute Gasteiger partial charge is 0.291 e. The number of halogens is 2. The average Bonchev–Trinajstić information content (AvgIpc) is 3.07. The third-order valence-corrected chi connectivity index (χ3v) is 6.33. The zero-order chi connectivity index (χ0) is 22.4. The fourth-order valence-electron chi connectivity index (χ4n) is 4.11. The van der Waals surface area contributed by atoms with E-state index in [1.807, 2.05) is 36.4 Å². The van der Waals surface area contributed by atoms with Crippen LogP contribution in [-0.4, -0.2) is 17.9 Å². The van der Waals surface area contributed by atoms with Gasteiger partial charge in [0.15, 0.2) is 5.43 Å². The second-order valence-electron chi connectivity index (χ2n) is 7.55. The maximum Gasteiger partial charge on any atom is 0.291 e. The summed E-state index contributed by atoms with van der Waals surface area (Å²) < 4.78 is 12.0. The van der Waals surface area contributed by atoms with Crippen molar-refractivity contribution in [2.75, 3.05) is 7.11 Å². The summed E-state index contributed by atoms with van der Waals surface area (Å²) in [4.78, 5) is 28.7. The SMILES string of the molecule is COc1ccc(CN2C(=O)c3oc4ccc(Br)cc4c(=O)c3C2c2cccc(Cl)c2)cc1. The molecular weight excluding hydrogens is 494 g/mol. The number of ether oxygens (including phenoxy) is 1. The normalized spacial score (nSPS) is 15.3. The lowest BCUT2D eigenvalue weighted by Crippen LogP contribution is -2.29. The minimum atomic E-state index is -0.613. The Kier molecular flexibility index (Phi) is 5.27. The van der Waals surface area contributed by atoms with Gasteiger partial charge in [0.25, 0.3) is 5.91 Å². The van der Waals surface area contributed by atoms with E-state index in [0.717, 1.165) is 21.3 Å². The quantitative estimate of drug-likeness (QED) is 0.340. The van der Waals surface area contributed by atoms with Crippen molar-refractivity contribution < 1.29 is 13.9 Å². The molecular formula is C25H17BrClNO4. The van der Waals surface area contributed by atoms with Crippen LogP contribution in [0.4, 0.5) is 0 Å². The molecule has 3 aromatic carbocycles. The van der Waals surface area contributed by atoms with Gasteiger partial charge in [0.05, 0.1) is 24.1 Å². The fourth-order valence-corrected chi connectivity index (χ4v) is 4.67. The Morgan fingerprint density at radius 3 is 2.56 bits per heavy atom. The molecule has 0 bridgehead atoms. The first-order chi connectivity index (χ1) is 15.5. The average molecular weight is 511 g/mol. The largest absolute Gasteiger partial charge is 0.497 e. The van der Waals surface area contributed by atoms with Gasteiger partial charge < -0.3 is 14.1 Å². The number of carbonyl (C=O) groups excluding carboxylic acids is 1. The second kappa shape index (κ2) is 8.11. The summed E-state index contributed by atoms with van der Waals surface area (Å²) in [6, 6.07) is 19.3. The number of carbonyl (C=O) groups is 1. The van der Waals surface area contributed by atoms with Crippen molar-refractivity contribution in [2.24, 2.45) is 0 Å². The Morgan fingerprint density at radius 2 is 1.84 bits per heavy atom. The predicted molar refractivity (Wildman–Crippen MR) is 126 cm³/mol. The number of methoxy groups -OCH3 is 1. The molecule has 1 aliphatic rings. The molecule has 5 nitrogen and oxygen atoms in total. The molecule has 0 fully saturated rings. The molecule has 160 valence electrons. The molecule has 1 aliphatic heterocycles. The highest BCUT2D eigenvalue weighted by atomic mass is 79.9. The lowest BCUT2D eigenvalue weighted by Gasteiger charge is -2.25. The molecule has 0 radical (unpaired) electrons. The van der Waals surface area contributed by atoms with Crippen LogP contribution >= 0.6 is 27.5 Å². The number of fused-ring (bicyclic) bond motifs is 2. The number of hydrogen-bond donors (Lipinski definition) is 0. The number of nitrogens with zero attached hydrogens (tertiary/aromatic N) is 1. The molecule has 1 aromatic heterocycles. The Labute approximate surface area is 197 Å². The van der Waals surface area contributed by atoms with Crippen LogP contribution < -0.4 is 10.2 Å². The van der Waals surface area contributed by atoms with Gasteiger partial charge in [-0.05, 0) is 53.6 Å². The topological polar surface area (TPSA) is 59.8 Å². The van der Waals surface area contributed by atoms with E-state index in [2.05, 4.69) is 15.9 Å². The van der Waals surface area contributed by atoms with E-state index in [1.54, 1.807) is 42.3 Å². The van der Waals surface area contributed by atoms with Crippen molar-refractivity contribution >= 4 is 44.4 Å². The molecule has 0 aliphatic carbocycles. The second-order valence-corrected chi connectivity index (χ2v) is 8.91. The van der Waals surface area contributed by atoms with Crippen molar-refractivity contribution in [3.8, 4) is 5.75 Å². The van der Waals surface area contributed by atoms with Crippen LogP contribution in [0.15, 0.2) is 80.4 Å². The highest BCUT2D eigenvalue weighted by molar-refractivity contribution is 9.10. The third-order valence-electron chi connectivity index (χ3n) is 5.60. The van der Waals surface area contributed by atoms with Crippen molar-refractivity contribution in [3.63, 3.8) is 0 Å². The van der Waals surface area contributed by atoms with E-state index in [9.17, 15) is 9.59 Å². The Morgan fingerprint density at radius 1 is 1.06 bits per heavy atom. The minimum Gasteiger partial charge on any atom is -0.497 e. The zero-order valence-corrected chi connectivity index (χ0v) is 19.3. The first-order valence-corrected chi connectivity index (χ1v) is 11.1. The molecule has 7 heteroatoms. The van der Waals surface area contributed by atoms with Gasteiger partial charge in [-0.1, -0.05) is 51.8 Å².